The van der Waals surface area contributed by atoms with Gasteiger partial charge in [0.05, 0.1) is 18.2 Å². The lowest BCUT2D eigenvalue weighted by Gasteiger charge is -2.23. The molecule has 1 rings (SSSR count). The Labute approximate surface area is 100 Å². The average Bonchev–Trinajstić information content (AvgIpc) is 2.31. The zero-order chi connectivity index (χ0) is 13.0. The van der Waals surface area contributed by atoms with Crippen molar-refractivity contribution < 1.29 is 9.90 Å². The van der Waals surface area contributed by atoms with E-state index in [1.165, 1.54) is 17.0 Å². The first-order chi connectivity index (χ1) is 7.97. The van der Waals surface area contributed by atoms with Crippen LogP contribution in [0.4, 0.5) is 5.69 Å². The van der Waals surface area contributed by atoms with Crippen molar-refractivity contribution in [3.8, 4) is 11.8 Å². The molecule has 1 atom stereocenters. The summed E-state index contributed by atoms with van der Waals surface area (Å²) in [4.78, 5) is 13.5. The summed E-state index contributed by atoms with van der Waals surface area (Å²) in [5.74, 6) is -0.361. The van der Waals surface area contributed by atoms with E-state index in [0.717, 1.165) is 0 Å². The van der Waals surface area contributed by atoms with E-state index in [-0.39, 0.29) is 29.8 Å². The van der Waals surface area contributed by atoms with Crippen molar-refractivity contribution in [3.63, 3.8) is 0 Å². The fraction of sp³-hybridized carbons (Fsp3) is 0.333. The van der Waals surface area contributed by atoms with Gasteiger partial charge in [0.15, 0.2) is 0 Å². The third-order valence-electron chi connectivity index (χ3n) is 2.65. The van der Waals surface area contributed by atoms with Crippen LogP contribution < -0.4 is 5.73 Å². The molecule has 0 aliphatic carbocycles. The fourth-order valence-corrected chi connectivity index (χ4v) is 1.35. The molecule has 0 bridgehead atoms. The van der Waals surface area contributed by atoms with E-state index in [0.29, 0.717) is 5.56 Å². The number of carbonyl (C=O) groups is 1. The molecule has 0 spiro atoms. The van der Waals surface area contributed by atoms with Crippen LogP contribution in [0.25, 0.3) is 0 Å². The van der Waals surface area contributed by atoms with Crippen LogP contribution >= 0.6 is 0 Å². The molecule has 3 N–H and O–H groups in total. The Kier molecular flexibility index (Phi) is 3.94. The van der Waals surface area contributed by atoms with Crippen LogP contribution in [0, 0.1) is 11.3 Å². The minimum atomic E-state index is -0.247. The maximum Gasteiger partial charge on any atom is 0.254 e. The zero-order valence-electron chi connectivity index (χ0n) is 9.84. The summed E-state index contributed by atoms with van der Waals surface area (Å²) in [6.45, 7) is 1.79. The summed E-state index contributed by atoms with van der Waals surface area (Å²) >= 11 is 0. The van der Waals surface area contributed by atoms with Crippen LogP contribution in [0.15, 0.2) is 18.2 Å². The molecule has 5 heteroatoms. The van der Waals surface area contributed by atoms with Gasteiger partial charge in [0.2, 0.25) is 0 Å². The SMILES string of the molecule is CC(CC#N)N(C)C(=O)c1ccc(N)c(O)c1. The molecule has 0 saturated carbocycles. The van der Waals surface area contributed by atoms with E-state index in [1.807, 2.05) is 6.07 Å². The van der Waals surface area contributed by atoms with Gasteiger partial charge in [0, 0.05) is 18.7 Å². The lowest BCUT2D eigenvalue weighted by Crippen LogP contribution is -2.34. The quantitative estimate of drug-likeness (QED) is 0.609. The predicted molar refractivity (Wildman–Crippen MR) is 64.3 cm³/mol. The molecular weight excluding hydrogens is 218 g/mol. The number of phenolic OH excluding ortho intramolecular Hbond substituents is 1. The molecule has 90 valence electrons. The monoisotopic (exact) mass is 233 g/mol. The highest BCUT2D eigenvalue weighted by atomic mass is 16.3. The molecule has 1 aromatic carbocycles. The van der Waals surface area contributed by atoms with Crippen LogP contribution in [-0.2, 0) is 0 Å². The van der Waals surface area contributed by atoms with E-state index in [4.69, 9.17) is 11.0 Å². The molecule has 0 saturated heterocycles. The lowest BCUT2D eigenvalue weighted by atomic mass is 10.1. The second-order valence-electron chi connectivity index (χ2n) is 3.90. The topological polar surface area (TPSA) is 90.4 Å². The normalized spacial score (nSPS) is 11.6. The Bertz CT molecular complexity index is 465. The predicted octanol–water partition coefficient (Wildman–Crippen LogP) is 1.35. The van der Waals surface area contributed by atoms with Gasteiger partial charge in [-0.1, -0.05) is 0 Å². The fourth-order valence-electron chi connectivity index (χ4n) is 1.35. The number of rotatable bonds is 3. The number of nitrogens with zero attached hydrogens (tertiary/aromatic N) is 2. The van der Waals surface area contributed by atoms with Gasteiger partial charge >= 0.3 is 0 Å². The van der Waals surface area contributed by atoms with Crippen LogP contribution in [0.5, 0.6) is 5.75 Å². The number of benzene rings is 1. The van der Waals surface area contributed by atoms with Crippen LogP contribution in [0.3, 0.4) is 0 Å². The summed E-state index contributed by atoms with van der Waals surface area (Å²) in [5, 5.41) is 18.0. The number of nitriles is 1. The van der Waals surface area contributed by atoms with Crippen molar-refractivity contribution in [1.29, 1.82) is 5.26 Å². The van der Waals surface area contributed by atoms with Gasteiger partial charge in [-0.25, -0.2) is 0 Å². The first-order valence-electron chi connectivity index (χ1n) is 5.20. The average molecular weight is 233 g/mol. The molecule has 0 aliphatic heterocycles. The van der Waals surface area contributed by atoms with E-state index >= 15 is 0 Å². The largest absolute Gasteiger partial charge is 0.506 e. The van der Waals surface area contributed by atoms with E-state index in [2.05, 4.69) is 0 Å². The second-order valence-corrected chi connectivity index (χ2v) is 3.90. The van der Waals surface area contributed by atoms with Crippen molar-refractivity contribution >= 4 is 11.6 Å². The Morgan fingerprint density at radius 2 is 2.29 bits per heavy atom. The minimum absolute atomic E-state index is 0.114. The molecule has 0 aliphatic rings. The zero-order valence-corrected chi connectivity index (χ0v) is 9.84. The third kappa shape index (κ3) is 2.88. The van der Waals surface area contributed by atoms with Gasteiger partial charge in [-0.15, -0.1) is 0 Å². The third-order valence-corrected chi connectivity index (χ3v) is 2.65. The minimum Gasteiger partial charge on any atom is -0.506 e. The van der Waals surface area contributed by atoms with Gasteiger partial charge in [-0.2, -0.15) is 5.26 Å². The Morgan fingerprint density at radius 1 is 1.65 bits per heavy atom. The van der Waals surface area contributed by atoms with E-state index in [1.54, 1.807) is 20.0 Å². The molecule has 1 aromatic rings. The highest BCUT2D eigenvalue weighted by Crippen LogP contribution is 2.21. The summed E-state index contributed by atoms with van der Waals surface area (Å²) in [7, 11) is 1.62. The van der Waals surface area contributed by atoms with Gasteiger partial charge < -0.3 is 15.7 Å². The van der Waals surface area contributed by atoms with E-state index < -0.39 is 0 Å². The van der Waals surface area contributed by atoms with E-state index in [9.17, 15) is 9.90 Å². The van der Waals surface area contributed by atoms with Crippen LogP contribution in [0.1, 0.15) is 23.7 Å². The molecule has 0 fully saturated rings. The van der Waals surface area contributed by atoms with Crippen molar-refractivity contribution in [2.24, 2.45) is 0 Å². The first kappa shape index (κ1) is 12.8. The van der Waals surface area contributed by atoms with Gasteiger partial charge in [-0.3, -0.25) is 4.79 Å². The summed E-state index contributed by atoms with van der Waals surface area (Å²) in [6.07, 6.45) is 0.267. The standard InChI is InChI=1S/C12H15N3O2/c1-8(5-6-13)15(2)12(17)9-3-4-10(14)11(16)7-9/h3-4,7-8,16H,5,14H2,1-2H3. The van der Waals surface area contributed by atoms with Gasteiger partial charge in [0.1, 0.15) is 5.75 Å². The van der Waals surface area contributed by atoms with Crippen LogP contribution in [0.2, 0.25) is 0 Å². The first-order valence-corrected chi connectivity index (χ1v) is 5.20. The van der Waals surface area contributed by atoms with Gasteiger partial charge in [0.25, 0.3) is 5.91 Å². The number of anilines is 1. The molecule has 0 aromatic heterocycles. The maximum atomic E-state index is 12.0. The highest BCUT2D eigenvalue weighted by Gasteiger charge is 2.17. The summed E-state index contributed by atoms with van der Waals surface area (Å²) < 4.78 is 0. The summed E-state index contributed by atoms with van der Waals surface area (Å²) in [6, 6.07) is 6.19. The number of nitrogens with two attached hydrogens (primary N) is 1. The number of amides is 1. The Balaban J connectivity index is 2.89. The summed E-state index contributed by atoms with van der Waals surface area (Å²) in [5.41, 5.74) is 6.04. The van der Waals surface area contributed by atoms with Crippen molar-refractivity contribution in [3.05, 3.63) is 23.8 Å². The number of aromatic hydroxyl groups is 1. The Hall–Kier alpha value is -2.22. The maximum absolute atomic E-state index is 12.0. The van der Waals surface area contributed by atoms with Gasteiger partial charge in [-0.05, 0) is 25.1 Å². The molecule has 1 unspecified atom stereocenters. The number of carbonyl (C=O) groups excluding carboxylic acids is 1. The second kappa shape index (κ2) is 5.21. The number of nitrogen functional groups attached to an aromatic ring is 1. The van der Waals surface area contributed by atoms with Crippen molar-refractivity contribution in [2.45, 2.75) is 19.4 Å². The molecule has 17 heavy (non-hydrogen) atoms. The van der Waals surface area contributed by atoms with Crippen molar-refractivity contribution in [1.82, 2.24) is 4.90 Å². The number of phenols is 1. The number of hydrogen-bond acceptors (Lipinski definition) is 4. The Morgan fingerprint density at radius 3 is 2.82 bits per heavy atom. The molecule has 0 radical (unpaired) electrons. The molecule has 1 amide bonds. The van der Waals surface area contributed by atoms with Crippen LogP contribution in [-0.4, -0.2) is 29.0 Å². The number of hydrogen-bond donors (Lipinski definition) is 2. The molecule has 0 heterocycles. The van der Waals surface area contributed by atoms with Crippen molar-refractivity contribution in [2.75, 3.05) is 12.8 Å². The molecule has 5 nitrogen and oxygen atoms in total. The highest BCUT2D eigenvalue weighted by molar-refractivity contribution is 5.95. The smallest absolute Gasteiger partial charge is 0.254 e. The lowest BCUT2D eigenvalue weighted by molar-refractivity contribution is 0.0746. The molecular formula is C12H15N3O2.